The maximum atomic E-state index is 13.6. The van der Waals surface area contributed by atoms with E-state index >= 15 is 0 Å². The molecule has 1 aromatic carbocycles. The lowest BCUT2D eigenvalue weighted by molar-refractivity contribution is -0.162. The second-order valence-electron chi connectivity index (χ2n) is 10.6. The Hall–Kier alpha value is -3.50. The Kier molecular flexibility index (Phi) is 10.9. The molecule has 242 valence electrons. The van der Waals surface area contributed by atoms with Crippen LogP contribution in [-0.2, 0) is 15.7 Å². The highest BCUT2D eigenvalue weighted by atomic mass is 35.5. The third-order valence-corrected chi connectivity index (χ3v) is 6.52. The molecule has 3 rings (SSSR count). The van der Waals surface area contributed by atoms with Crippen molar-refractivity contribution < 1.29 is 45.8 Å². The van der Waals surface area contributed by atoms with Crippen LogP contribution in [0.4, 0.5) is 36.8 Å². The lowest BCUT2D eigenvalue weighted by Crippen LogP contribution is -2.56. The van der Waals surface area contributed by atoms with E-state index in [9.17, 15) is 41.0 Å². The number of anilines is 1. The number of nitrogens with one attached hydrogen (secondary N) is 4. The number of pyridine rings is 1. The van der Waals surface area contributed by atoms with E-state index in [0.717, 1.165) is 17.2 Å². The Morgan fingerprint density at radius 2 is 1.82 bits per heavy atom. The van der Waals surface area contributed by atoms with Gasteiger partial charge in [-0.25, -0.2) is 9.78 Å². The van der Waals surface area contributed by atoms with Crippen LogP contribution in [0.1, 0.15) is 26.0 Å². The fourth-order valence-electron chi connectivity index (χ4n) is 4.27. The molecule has 10 nitrogen and oxygen atoms in total. The van der Waals surface area contributed by atoms with Crippen LogP contribution in [-0.4, -0.2) is 82.3 Å². The first-order chi connectivity index (χ1) is 20.2. The van der Waals surface area contributed by atoms with Gasteiger partial charge in [-0.3, -0.25) is 10.2 Å². The summed E-state index contributed by atoms with van der Waals surface area (Å²) in [6, 6.07) is 2.82. The first-order valence-electron chi connectivity index (χ1n) is 12.9. The number of carbonyl (C=O) groups excluding carboxylic acids is 2. The van der Waals surface area contributed by atoms with E-state index in [-0.39, 0.29) is 53.2 Å². The number of hydrogen-bond acceptors (Lipinski definition) is 8. The number of carbonyl (C=O) groups is 2. The molecule has 2 amide bonds. The number of ether oxygens (including phenoxy) is 1. The number of aliphatic hydroxyl groups is 1. The SMILES string of the molecule is CC(C)(O)CN/C=C(\C(=N)Cl)C(=O)N[C@H]1C[C@@H](Nc2cc(C(F)(F)F)nc3ccc(Cl)cc23)CN(C(=O)OCC(F)(F)F)C1. The lowest BCUT2D eigenvalue weighted by atomic mass is 9.99. The zero-order valence-corrected chi connectivity index (χ0v) is 24.7. The minimum atomic E-state index is -4.82. The number of alkyl halides is 6. The molecule has 0 bridgehead atoms. The molecule has 44 heavy (non-hydrogen) atoms. The Morgan fingerprint density at radius 1 is 1.16 bits per heavy atom. The smallest absolute Gasteiger partial charge is 0.433 e. The third-order valence-electron chi connectivity index (χ3n) is 6.09. The summed E-state index contributed by atoms with van der Waals surface area (Å²) in [5.41, 5.74) is -2.90. The molecule has 18 heteroatoms. The average molecular weight is 673 g/mol. The first kappa shape index (κ1) is 35.0. The highest BCUT2D eigenvalue weighted by Gasteiger charge is 2.37. The molecule has 2 atom stereocenters. The van der Waals surface area contributed by atoms with E-state index in [1.165, 1.54) is 32.0 Å². The molecule has 1 aliphatic rings. The third kappa shape index (κ3) is 10.3. The maximum Gasteiger partial charge on any atom is 0.433 e. The van der Waals surface area contributed by atoms with Crippen LogP contribution in [0.25, 0.3) is 10.9 Å². The van der Waals surface area contributed by atoms with Gasteiger partial charge in [-0.05, 0) is 44.5 Å². The lowest BCUT2D eigenvalue weighted by Gasteiger charge is -2.38. The van der Waals surface area contributed by atoms with E-state index in [4.69, 9.17) is 28.6 Å². The molecule has 5 N–H and O–H groups in total. The molecular formula is C26H28Cl2F6N6O4. The van der Waals surface area contributed by atoms with Gasteiger partial charge < -0.3 is 30.7 Å². The highest BCUT2D eigenvalue weighted by Crippen LogP contribution is 2.35. The number of rotatable bonds is 9. The number of halogens is 8. The minimum absolute atomic E-state index is 0.0218. The Morgan fingerprint density at radius 3 is 2.41 bits per heavy atom. The van der Waals surface area contributed by atoms with Crippen molar-refractivity contribution in [1.29, 1.82) is 5.41 Å². The van der Waals surface area contributed by atoms with Gasteiger partial charge in [-0.15, -0.1) is 0 Å². The maximum absolute atomic E-state index is 13.6. The second kappa shape index (κ2) is 13.6. The molecule has 1 aliphatic heterocycles. The summed E-state index contributed by atoms with van der Waals surface area (Å²) in [5.74, 6) is -0.900. The Bertz CT molecular complexity index is 1430. The largest absolute Gasteiger partial charge is 0.440 e. The molecule has 2 heterocycles. The second-order valence-corrected chi connectivity index (χ2v) is 11.4. The minimum Gasteiger partial charge on any atom is -0.440 e. The molecule has 1 fully saturated rings. The Balaban J connectivity index is 1.92. The van der Waals surface area contributed by atoms with Crippen LogP contribution < -0.4 is 16.0 Å². The van der Waals surface area contributed by atoms with E-state index in [0.29, 0.717) is 0 Å². The van der Waals surface area contributed by atoms with Crippen LogP contribution in [0.3, 0.4) is 0 Å². The molecule has 0 aliphatic carbocycles. The van der Waals surface area contributed by atoms with Gasteiger partial charge in [0.15, 0.2) is 6.61 Å². The summed E-state index contributed by atoms with van der Waals surface area (Å²) < 4.78 is 83.4. The fraction of sp³-hybridized carbons (Fsp3) is 0.462. The van der Waals surface area contributed by atoms with Gasteiger partial charge in [-0.2, -0.15) is 26.3 Å². The van der Waals surface area contributed by atoms with Gasteiger partial charge in [0.1, 0.15) is 10.9 Å². The van der Waals surface area contributed by atoms with E-state index in [2.05, 4.69) is 25.7 Å². The number of fused-ring (bicyclic) bond motifs is 1. The number of aromatic nitrogens is 1. The molecule has 0 spiro atoms. The van der Waals surface area contributed by atoms with Gasteiger partial charge in [0.25, 0.3) is 5.91 Å². The molecule has 0 saturated carbocycles. The average Bonchev–Trinajstić information content (AvgIpc) is 2.87. The summed E-state index contributed by atoms with van der Waals surface area (Å²) in [5, 5.41) is 25.4. The van der Waals surface area contributed by atoms with E-state index in [1.54, 1.807) is 0 Å². The summed E-state index contributed by atoms with van der Waals surface area (Å²) in [7, 11) is 0. The van der Waals surface area contributed by atoms with Crippen molar-refractivity contribution in [2.45, 2.75) is 50.3 Å². The van der Waals surface area contributed by atoms with Crippen molar-refractivity contribution in [2.24, 2.45) is 0 Å². The van der Waals surface area contributed by atoms with Crippen LogP contribution in [0, 0.1) is 5.41 Å². The van der Waals surface area contributed by atoms with Crippen LogP contribution in [0.5, 0.6) is 0 Å². The van der Waals surface area contributed by atoms with Crippen LogP contribution >= 0.6 is 23.2 Å². The number of nitrogens with zero attached hydrogens (tertiary/aromatic N) is 2. The Labute approximate surface area is 257 Å². The van der Waals surface area contributed by atoms with Crippen molar-refractivity contribution in [3.8, 4) is 0 Å². The molecule has 1 saturated heterocycles. The first-order valence-corrected chi connectivity index (χ1v) is 13.6. The van der Waals surface area contributed by atoms with Gasteiger partial charge in [0.05, 0.1) is 16.7 Å². The predicted molar refractivity (Wildman–Crippen MR) is 151 cm³/mol. The number of hydrogen-bond donors (Lipinski definition) is 5. The molecule has 1 aromatic heterocycles. The number of likely N-dealkylation sites (tertiary alicyclic amines) is 1. The van der Waals surface area contributed by atoms with Crippen molar-refractivity contribution in [1.82, 2.24) is 20.5 Å². The monoisotopic (exact) mass is 672 g/mol. The molecule has 2 aromatic rings. The fourth-order valence-corrected chi connectivity index (χ4v) is 4.58. The van der Waals surface area contributed by atoms with Gasteiger partial charge in [-0.1, -0.05) is 23.2 Å². The normalized spacial score (nSPS) is 18.2. The summed E-state index contributed by atoms with van der Waals surface area (Å²) in [6.07, 6.45) is -9.96. The quantitative estimate of drug-likeness (QED) is 0.143. The predicted octanol–water partition coefficient (Wildman–Crippen LogP) is 5.04. The van der Waals surface area contributed by atoms with E-state index < -0.39 is 59.5 Å². The zero-order chi connectivity index (χ0) is 33.0. The highest BCUT2D eigenvalue weighted by molar-refractivity contribution is 6.71. The number of piperidine rings is 1. The molecular weight excluding hydrogens is 645 g/mol. The summed E-state index contributed by atoms with van der Waals surface area (Å²) in [6.45, 7) is 0.417. The molecule has 0 radical (unpaired) electrons. The topological polar surface area (TPSA) is 140 Å². The standard InChI is InChI=1S/C26H28Cl2F6N6O4/c1-24(2,43)11-36-8-17(21(28)35)22(41)38-15-6-14(9-40(10-15)23(42)44-12-25(29,30)31)37-19-7-20(26(32,33)34)39-18-4-3-13(27)5-16(18)19/h3-5,7-8,14-15,35-36,43H,6,9-12H2,1-2H3,(H,37,39)(H,38,41)/b17-8+,35-21?/t14-,15+/m1/s1. The van der Waals surface area contributed by atoms with Crippen molar-refractivity contribution in [3.63, 3.8) is 0 Å². The summed E-state index contributed by atoms with van der Waals surface area (Å²) in [4.78, 5) is 30.1. The van der Waals surface area contributed by atoms with Gasteiger partial charge >= 0.3 is 18.4 Å². The molecule has 0 unspecified atom stereocenters. The van der Waals surface area contributed by atoms with Crippen molar-refractivity contribution in [2.75, 3.05) is 31.6 Å². The number of benzene rings is 1. The van der Waals surface area contributed by atoms with Gasteiger partial charge in [0, 0.05) is 54.0 Å². The van der Waals surface area contributed by atoms with Gasteiger partial charge in [0.2, 0.25) is 0 Å². The van der Waals surface area contributed by atoms with Crippen LogP contribution in [0.15, 0.2) is 36.0 Å². The zero-order valence-electron chi connectivity index (χ0n) is 23.2. The van der Waals surface area contributed by atoms with E-state index in [1.807, 2.05) is 0 Å². The number of amides is 2. The van der Waals surface area contributed by atoms with Crippen molar-refractivity contribution >= 4 is 57.0 Å². The summed E-state index contributed by atoms with van der Waals surface area (Å²) >= 11 is 11.8. The van der Waals surface area contributed by atoms with Crippen LogP contribution in [0.2, 0.25) is 5.02 Å². The van der Waals surface area contributed by atoms with Crippen molar-refractivity contribution in [3.05, 3.63) is 46.8 Å².